The van der Waals surface area contributed by atoms with Crippen molar-refractivity contribution >= 4 is 28.4 Å². The molecule has 0 radical (unpaired) electrons. The number of H-pyrrole nitrogens is 1. The number of piperidine rings is 1. The molecule has 3 aromatic heterocycles. The van der Waals surface area contributed by atoms with E-state index in [1.54, 1.807) is 0 Å². The van der Waals surface area contributed by atoms with Crippen LogP contribution in [0.5, 0.6) is 0 Å². The number of aromatic amines is 1. The van der Waals surface area contributed by atoms with Crippen molar-refractivity contribution in [3.8, 4) is 0 Å². The van der Waals surface area contributed by atoms with Gasteiger partial charge in [-0.15, -0.1) is 0 Å². The number of hydrogen-bond donors (Lipinski definition) is 4. The summed E-state index contributed by atoms with van der Waals surface area (Å²) in [7, 11) is 0. The Morgan fingerprint density at radius 3 is 2.68 bits per heavy atom. The third kappa shape index (κ3) is 3.74. The van der Waals surface area contributed by atoms with Crippen LogP contribution in [0.1, 0.15) is 31.4 Å². The van der Waals surface area contributed by atoms with Gasteiger partial charge in [-0.05, 0) is 50.7 Å². The summed E-state index contributed by atoms with van der Waals surface area (Å²) in [5.74, 6) is 3.29. The lowest BCUT2D eigenvalue weighted by atomic mass is 9.94. The number of rotatable bonds is 6. The van der Waals surface area contributed by atoms with E-state index in [1.807, 2.05) is 31.3 Å². The average molecular weight is 419 g/mol. The van der Waals surface area contributed by atoms with Crippen LogP contribution in [0.2, 0.25) is 0 Å². The van der Waals surface area contributed by atoms with Crippen LogP contribution in [0.4, 0.5) is 17.5 Å². The second-order valence-corrected chi connectivity index (χ2v) is 9.41. The Morgan fingerprint density at radius 2 is 1.97 bits per heavy atom. The maximum Gasteiger partial charge on any atom is 0.153 e. The van der Waals surface area contributed by atoms with E-state index in [0.29, 0.717) is 18.1 Å². The summed E-state index contributed by atoms with van der Waals surface area (Å²) in [6, 6.07) is 9.91. The molecule has 6 heterocycles. The number of nitrogens with one attached hydrogen (secondary N) is 4. The van der Waals surface area contributed by atoms with Crippen molar-refractivity contribution in [2.45, 2.75) is 50.7 Å². The van der Waals surface area contributed by atoms with Gasteiger partial charge in [-0.3, -0.25) is 15.0 Å². The predicted molar refractivity (Wildman–Crippen MR) is 123 cm³/mol. The Balaban J connectivity index is 1.22. The number of aryl methyl sites for hydroxylation is 1. The Kier molecular flexibility index (Phi) is 4.76. The monoisotopic (exact) mass is 418 g/mol. The molecule has 2 bridgehead atoms. The minimum Gasteiger partial charge on any atom is -0.367 e. The van der Waals surface area contributed by atoms with Crippen LogP contribution in [-0.4, -0.2) is 62.8 Å². The van der Waals surface area contributed by atoms with Crippen LogP contribution < -0.4 is 16.0 Å². The minimum atomic E-state index is 0.451. The lowest BCUT2D eigenvalue weighted by Gasteiger charge is -2.42. The van der Waals surface area contributed by atoms with Gasteiger partial charge in [-0.25, -0.2) is 4.98 Å². The smallest absolute Gasteiger partial charge is 0.153 e. The lowest BCUT2D eigenvalue weighted by Crippen LogP contribution is -2.54. The van der Waals surface area contributed by atoms with Crippen LogP contribution in [0.15, 0.2) is 30.5 Å². The largest absolute Gasteiger partial charge is 0.367 e. The molecular weight excluding hydrogens is 388 g/mol. The first-order chi connectivity index (χ1) is 15.2. The summed E-state index contributed by atoms with van der Waals surface area (Å²) in [5, 5.41) is 18.9. The van der Waals surface area contributed by atoms with Crippen molar-refractivity contribution in [2.75, 3.05) is 30.3 Å². The molecule has 0 saturated carbocycles. The van der Waals surface area contributed by atoms with Crippen molar-refractivity contribution in [2.24, 2.45) is 5.92 Å². The summed E-state index contributed by atoms with van der Waals surface area (Å²) < 4.78 is 0. The van der Waals surface area contributed by atoms with Gasteiger partial charge in [0.25, 0.3) is 0 Å². The molecule has 3 fully saturated rings. The van der Waals surface area contributed by atoms with E-state index in [4.69, 9.17) is 4.98 Å². The molecule has 3 aliphatic rings. The summed E-state index contributed by atoms with van der Waals surface area (Å²) in [4.78, 5) is 12.3. The van der Waals surface area contributed by atoms with Gasteiger partial charge in [0.1, 0.15) is 11.6 Å². The highest BCUT2D eigenvalue weighted by atomic mass is 15.2. The molecule has 0 aromatic carbocycles. The maximum absolute atomic E-state index is 4.92. The number of anilines is 3. The van der Waals surface area contributed by atoms with Crippen LogP contribution >= 0.6 is 0 Å². The zero-order valence-electron chi connectivity index (χ0n) is 17.9. The van der Waals surface area contributed by atoms with E-state index in [0.717, 1.165) is 40.0 Å². The maximum atomic E-state index is 4.92. The molecule has 0 spiro atoms. The van der Waals surface area contributed by atoms with Crippen LogP contribution in [0, 0.1) is 12.8 Å². The molecular formula is C23H30N8. The quantitative estimate of drug-likeness (QED) is 0.489. The predicted octanol–water partition coefficient (Wildman–Crippen LogP) is 3.03. The number of pyridine rings is 2. The van der Waals surface area contributed by atoms with E-state index in [-0.39, 0.29) is 0 Å². The van der Waals surface area contributed by atoms with E-state index >= 15 is 0 Å². The second-order valence-electron chi connectivity index (χ2n) is 9.41. The van der Waals surface area contributed by atoms with E-state index < -0.39 is 0 Å². The number of fused-ring (bicyclic) bond motifs is 3. The van der Waals surface area contributed by atoms with E-state index in [2.05, 4.69) is 42.1 Å². The Hall–Kier alpha value is -2.71. The molecule has 0 aliphatic carbocycles. The molecule has 3 saturated heterocycles. The molecule has 31 heavy (non-hydrogen) atoms. The topological polar surface area (TPSA) is 93.8 Å². The van der Waals surface area contributed by atoms with Crippen molar-refractivity contribution in [1.29, 1.82) is 0 Å². The molecule has 0 amide bonds. The molecule has 3 aliphatic heterocycles. The highest BCUT2D eigenvalue weighted by Gasteiger charge is 2.42. The summed E-state index contributed by atoms with van der Waals surface area (Å²) >= 11 is 0. The zero-order valence-corrected chi connectivity index (χ0v) is 17.9. The molecule has 162 valence electrons. The first kappa shape index (κ1) is 19.0. The summed E-state index contributed by atoms with van der Waals surface area (Å²) in [5.41, 5.74) is 1.95. The van der Waals surface area contributed by atoms with Gasteiger partial charge >= 0.3 is 0 Å². The van der Waals surface area contributed by atoms with Crippen molar-refractivity contribution in [3.05, 3.63) is 36.2 Å². The number of aromatic nitrogens is 4. The fourth-order valence-corrected chi connectivity index (χ4v) is 5.52. The molecule has 2 unspecified atom stereocenters. The van der Waals surface area contributed by atoms with Gasteiger partial charge < -0.3 is 16.0 Å². The van der Waals surface area contributed by atoms with Gasteiger partial charge in [-0.2, -0.15) is 5.10 Å². The first-order valence-electron chi connectivity index (χ1n) is 11.5. The van der Waals surface area contributed by atoms with Gasteiger partial charge in [0.2, 0.25) is 0 Å². The summed E-state index contributed by atoms with van der Waals surface area (Å²) in [6.07, 6.45) is 6.88. The molecule has 8 heteroatoms. The average Bonchev–Trinajstić information content (AvgIpc) is 3.23. The van der Waals surface area contributed by atoms with E-state index in [1.165, 1.54) is 45.3 Å². The van der Waals surface area contributed by atoms with Gasteiger partial charge in [-0.1, -0.05) is 0 Å². The van der Waals surface area contributed by atoms with Gasteiger partial charge in [0.05, 0.1) is 5.52 Å². The molecule has 8 nitrogen and oxygen atoms in total. The molecule has 3 aromatic rings. The van der Waals surface area contributed by atoms with Gasteiger partial charge in [0, 0.05) is 67.2 Å². The van der Waals surface area contributed by atoms with Crippen LogP contribution in [-0.2, 0) is 0 Å². The fourth-order valence-electron chi connectivity index (χ4n) is 5.52. The van der Waals surface area contributed by atoms with Crippen molar-refractivity contribution < 1.29 is 0 Å². The van der Waals surface area contributed by atoms with Crippen molar-refractivity contribution in [1.82, 2.24) is 30.4 Å². The first-order valence-corrected chi connectivity index (χ1v) is 11.5. The molecule has 2 atom stereocenters. The van der Waals surface area contributed by atoms with Crippen LogP contribution in [0.3, 0.4) is 0 Å². The number of hydrogen-bond acceptors (Lipinski definition) is 7. The lowest BCUT2D eigenvalue weighted by molar-refractivity contribution is 0.0963. The molecule has 6 rings (SSSR count). The third-order valence-electron chi connectivity index (χ3n) is 7.12. The Labute approximate surface area is 182 Å². The van der Waals surface area contributed by atoms with Gasteiger partial charge in [0.15, 0.2) is 5.82 Å². The minimum absolute atomic E-state index is 0.451. The van der Waals surface area contributed by atoms with Crippen molar-refractivity contribution in [3.63, 3.8) is 0 Å². The highest BCUT2D eigenvalue weighted by molar-refractivity contribution is 5.91. The second kappa shape index (κ2) is 7.76. The standard InChI is InChI=1S/C23H30N8/c1-14-7-22(30-29-14)27-21-10-20-19(3-2-6-25-20)23(28-21)26-16-8-17-4-5-18(9-16)31(17)13-15-11-24-12-15/h2-3,6-7,10,15-18,24H,4-5,8-9,11-13H2,1H3,(H3,26,27,28,29,30). The Bertz CT molecular complexity index is 1060. The third-order valence-corrected chi connectivity index (χ3v) is 7.12. The zero-order chi connectivity index (χ0) is 20.8. The SMILES string of the molecule is Cc1cc(Nc2cc3ncccc3c(NC3CC4CCC(C3)N4CC3CNC3)n2)n[nH]1. The number of nitrogens with zero attached hydrogens (tertiary/aromatic N) is 4. The highest BCUT2D eigenvalue weighted by Crippen LogP contribution is 2.38. The normalized spacial score (nSPS) is 26.2. The van der Waals surface area contributed by atoms with Crippen LogP contribution in [0.25, 0.3) is 10.9 Å². The fraction of sp³-hybridized carbons (Fsp3) is 0.522. The van der Waals surface area contributed by atoms with E-state index in [9.17, 15) is 0 Å². The molecule has 4 N–H and O–H groups in total. The Morgan fingerprint density at radius 1 is 1.13 bits per heavy atom. The summed E-state index contributed by atoms with van der Waals surface area (Å²) in [6.45, 7) is 5.64.